The Morgan fingerprint density at radius 2 is 1.27 bits per heavy atom. The molecule has 3 heterocycles. The van der Waals surface area contributed by atoms with Crippen LogP contribution in [0.3, 0.4) is 0 Å². The third-order valence-corrected chi connectivity index (χ3v) is 6.14. The van der Waals surface area contributed by atoms with Crippen molar-refractivity contribution in [3.05, 3.63) is 132 Å². The minimum atomic E-state index is 0.979. The molecule has 0 saturated carbocycles. The maximum Gasteiger partial charge on any atom is 0.130 e. The normalized spacial score (nSPS) is 11.2. The Bertz CT molecular complexity index is 1310. The van der Waals surface area contributed by atoms with E-state index in [9.17, 15) is 0 Å². The molecule has 0 bridgehead atoms. The number of benzene rings is 4. The Labute approximate surface area is 197 Å². The van der Waals surface area contributed by atoms with Crippen molar-refractivity contribution in [2.45, 2.75) is 6.42 Å². The zero-order valence-electron chi connectivity index (χ0n) is 18.0. The lowest BCUT2D eigenvalue weighted by Crippen LogP contribution is -2.01. The van der Waals surface area contributed by atoms with Gasteiger partial charge in [0.05, 0.1) is 15.7 Å². The van der Waals surface area contributed by atoms with E-state index in [1.54, 1.807) is 11.3 Å². The van der Waals surface area contributed by atoms with Crippen LogP contribution < -0.4 is 4.74 Å². The van der Waals surface area contributed by atoms with Crippen LogP contribution >= 0.6 is 11.3 Å². The average Bonchev–Trinajstić information content (AvgIpc) is 3.37. The summed E-state index contributed by atoms with van der Waals surface area (Å²) in [7, 11) is 0. The predicted octanol–water partition coefficient (Wildman–Crippen LogP) is 7.91. The van der Waals surface area contributed by atoms with Gasteiger partial charge in [-0.2, -0.15) is 0 Å². The third kappa shape index (κ3) is 5.08. The summed E-state index contributed by atoms with van der Waals surface area (Å²) in [6, 6.07) is 34.7. The van der Waals surface area contributed by atoms with Crippen molar-refractivity contribution in [1.29, 1.82) is 0 Å². The summed E-state index contributed by atoms with van der Waals surface area (Å²) in [5.74, 6) is 1.98. The van der Waals surface area contributed by atoms with Gasteiger partial charge in [0.15, 0.2) is 0 Å². The van der Waals surface area contributed by atoms with Gasteiger partial charge < -0.3 is 4.74 Å². The number of hydrogen-bond donors (Lipinski definition) is 0. The lowest BCUT2D eigenvalue weighted by Gasteiger charge is -2.19. The molecule has 7 rings (SSSR count). The van der Waals surface area contributed by atoms with E-state index in [1.165, 1.54) is 26.6 Å². The molecular weight excluding hydrogens is 424 g/mol. The Morgan fingerprint density at radius 1 is 0.636 bits per heavy atom. The number of ether oxygens (including phenoxy) is 1. The highest BCUT2D eigenvalue weighted by atomic mass is 32.1. The summed E-state index contributed by atoms with van der Waals surface area (Å²) in [6.07, 6.45) is 4.66. The summed E-state index contributed by atoms with van der Waals surface area (Å²) >= 11 is 1.68. The van der Waals surface area contributed by atoms with E-state index in [4.69, 9.17) is 4.74 Å². The van der Waals surface area contributed by atoms with Gasteiger partial charge in [0.25, 0.3) is 0 Å². The third-order valence-electron chi connectivity index (χ3n) is 5.33. The molecule has 0 saturated heterocycles. The van der Waals surface area contributed by atoms with E-state index in [1.807, 2.05) is 78.6 Å². The topological polar surface area (TPSA) is 35.0 Å². The van der Waals surface area contributed by atoms with Crippen LogP contribution in [0, 0.1) is 0 Å². The summed E-state index contributed by atoms with van der Waals surface area (Å²) in [5.41, 5.74) is 5.50. The first-order chi connectivity index (χ1) is 16.4. The molecule has 0 unspecified atom stereocenters. The first-order valence-corrected chi connectivity index (χ1v) is 11.7. The van der Waals surface area contributed by atoms with Gasteiger partial charge in [-0.05, 0) is 52.2 Å². The maximum atomic E-state index is 5.78. The second-order valence-corrected chi connectivity index (χ2v) is 8.42. The summed E-state index contributed by atoms with van der Waals surface area (Å²) < 4.78 is 7.04. The number of para-hydroxylation sites is 3. The molecule has 0 spiro atoms. The molecule has 33 heavy (non-hydrogen) atoms. The van der Waals surface area contributed by atoms with Crippen LogP contribution in [0.1, 0.15) is 11.1 Å². The van der Waals surface area contributed by atoms with Gasteiger partial charge in [0.1, 0.15) is 11.5 Å². The van der Waals surface area contributed by atoms with Gasteiger partial charge in [-0.25, -0.2) is 4.98 Å². The highest BCUT2D eigenvalue weighted by Gasteiger charge is 2.14. The van der Waals surface area contributed by atoms with Crippen LogP contribution in [0.25, 0.3) is 21.0 Å². The first-order valence-electron chi connectivity index (χ1n) is 10.8. The first kappa shape index (κ1) is 20.9. The summed E-state index contributed by atoms with van der Waals surface area (Å²) in [6.45, 7) is 0. The van der Waals surface area contributed by atoms with Gasteiger partial charge in [0, 0.05) is 18.8 Å². The molecule has 2 aromatic heterocycles. The monoisotopic (exact) mass is 446 g/mol. The molecule has 1 aliphatic rings. The van der Waals surface area contributed by atoms with Gasteiger partial charge in [-0.3, -0.25) is 4.98 Å². The smallest absolute Gasteiger partial charge is 0.130 e. The molecule has 0 aliphatic carbocycles. The SMILES string of the molecule is c1ccc2c(c1)Cc1ccccc1O2.c1ccc2cnccc2c1.c1ccc2scnc2c1. The van der Waals surface area contributed by atoms with E-state index >= 15 is 0 Å². The van der Waals surface area contributed by atoms with Crippen molar-refractivity contribution >= 4 is 32.3 Å². The number of rotatable bonds is 0. The highest BCUT2D eigenvalue weighted by molar-refractivity contribution is 7.16. The number of hydrogen-bond acceptors (Lipinski definition) is 4. The zero-order valence-corrected chi connectivity index (χ0v) is 18.8. The molecule has 0 fully saturated rings. The zero-order chi connectivity index (χ0) is 22.3. The maximum absolute atomic E-state index is 5.78. The molecule has 4 aromatic carbocycles. The molecule has 6 aromatic rings. The Balaban J connectivity index is 0.000000107. The quantitative estimate of drug-likeness (QED) is 0.237. The average molecular weight is 447 g/mol. The van der Waals surface area contributed by atoms with Gasteiger partial charge >= 0.3 is 0 Å². The molecule has 0 N–H and O–H groups in total. The van der Waals surface area contributed by atoms with Crippen LogP contribution in [0.4, 0.5) is 0 Å². The fourth-order valence-electron chi connectivity index (χ4n) is 3.65. The molecule has 1 aliphatic heterocycles. The van der Waals surface area contributed by atoms with Crippen molar-refractivity contribution in [3.8, 4) is 11.5 Å². The van der Waals surface area contributed by atoms with E-state index < -0.39 is 0 Å². The van der Waals surface area contributed by atoms with Crippen LogP contribution in [0.15, 0.2) is 121 Å². The molecule has 4 heteroatoms. The Kier molecular flexibility index (Phi) is 6.36. The number of pyridine rings is 1. The number of thiazole rings is 1. The number of nitrogens with zero attached hydrogens (tertiary/aromatic N) is 2. The van der Waals surface area contributed by atoms with Crippen LogP contribution in [-0.4, -0.2) is 9.97 Å². The molecule has 0 atom stereocenters. The van der Waals surface area contributed by atoms with Crippen molar-refractivity contribution in [2.75, 3.05) is 0 Å². The second kappa shape index (κ2) is 10.1. The van der Waals surface area contributed by atoms with Gasteiger partial charge in [0.2, 0.25) is 0 Å². The van der Waals surface area contributed by atoms with Crippen molar-refractivity contribution < 1.29 is 4.74 Å². The molecule has 3 nitrogen and oxygen atoms in total. The van der Waals surface area contributed by atoms with E-state index in [-0.39, 0.29) is 0 Å². The second-order valence-electron chi connectivity index (χ2n) is 7.54. The highest BCUT2D eigenvalue weighted by Crippen LogP contribution is 2.35. The van der Waals surface area contributed by atoms with E-state index in [2.05, 4.69) is 52.4 Å². The number of fused-ring (bicyclic) bond motifs is 4. The Hall–Kier alpha value is -4.02. The molecular formula is C29H22N2OS. The lowest BCUT2D eigenvalue weighted by molar-refractivity contribution is 0.460. The van der Waals surface area contributed by atoms with Crippen molar-refractivity contribution in [2.24, 2.45) is 0 Å². The summed E-state index contributed by atoms with van der Waals surface area (Å²) in [4.78, 5) is 8.15. The van der Waals surface area contributed by atoms with Gasteiger partial charge in [-0.15, -0.1) is 11.3 Å². The molecule has 160 valence electrons. The fourth-order valence-corrected chi connectivity index (χ4v) is 4.33. The number of aromatic nitrogens is 2. The van der Waals surface area contributed by atoms with Crippen molar-refractivity contribution in [3.63, 3.8) is 0 Å². The van der Waals surface area contributed by atoms with E-state index in [0.717, 1.165) is 23.4 Å². The lowest BCUT2D eigenvalue weighted by atomic mass is 10.0. The molecule has 0 radical (unpaired) electrons. The van der Waals surface area contributed by atoms with E-state index in [0.29, 0.717) is 0 Å². The summed E-state index contributed by atoms with van der Waals surface area (Å²) in [5, 5.41) is 2.45. The largest absolute Gasteiger partial charge is 0.457 e. The van der Waals surface area contributed by atoms with Crippen LogP contribution in [0.5, 0.6) is 11.5 Å². The van der Waals surface area contributed by atoms with Gasteiger partial charge in [-0.1, -0.05) is 72.8 Å². The van der Waals surface area contributed by atoms with Crippen LogP contribution in [0.2, 0.25) is 0 Å². The molecule has 0 amide bonds. The fraction of sp³-hybridized carbons (Fsp3) is 0.0345. The minimum Gasteiger partial charge on any atom is -0.457 e. The Morgan fingerprint density at radius 3 is 2.00 bits per heavy atom. The minimum absolute atomic E-state index is 0.979. The predicted molar refractivity (Wildman–Crippen MR) is 137 cm³/mol. The van der Waals surface area contributed by atoms with Crippen LogP contribution in [-0.2, 0) is 6.42 Å². The standard InChI is InChI=1S/C13H10O.C9H7N.C7H5NS/c1-3-7-12-10(5-1)9-11-6-2-4-8-13(11)14-12;1-2-4-9-7-10-6-5-8(9)3-1;1-2-4-7-6(3-1)8-5-9-7/h1-8H,9H2;1-7H;1-5H. The van der Waals surface area contributed by atoms with Crippen molar-refractivity contribution in [1.82, 2.24) is 9.97 Å².